The van der Waals surface area contributed by atoms with Crippen LogP contribution in [-0.4, -0.2) is 45.8 Å². The lowest BCUT2D eigenvalue weighted by atomic mass is 10.4. The molecule has 5 heteroatoms. The van der Waals surface area contributed by atoms with E-state index in [2.05, 4.69) is 48.1 Å². The fraction of sp³-hybridized carbons (Fsp3) is 0.833. The summed E-state index contributed by atoms with van der Waals surface area (Å²) in [4.78, 5) is 6.58. The van der Waals surface area contributed by atoms with Gasteiger partial charge in [-0.05, 0) is 13.5 Å². The van der Waals surface area contributed by atoms with Crippen LogP contribution in [0.2, 0.25) is 0 Å². The summed E-state index contributed by atoms with van der Waals surface area (Å²) in [6, 6.07) is 0.548. The second-order valence-electron chi connectivity index (χ2n) is 4.75. The van der Waals surface area contributed by atoms with Gasteiger partial charge in [0.15, 0.2) is 0 Å². The Balaban J connectivity index is 2.34. The highest BCUT2D eigenvalue weighted by Crippen LogP contribution is 1.99. The summed E-state index contributed by atoms with van der Waals surface area (Å²) in [7, 11) is 2.12. The molecule has 1 aromatic rings. The number of nitrogens with one attached hydrogen (secondary N) is 1. The van der Waals surface area contributed by atoms with E-state index in [4.69, 9.17) is 0 Å². The van der Waals surface area contributed by atoms with Crippen LogP contribution in [0.3, 0.4) is 0 Å². The van der Waals surface area contributed by atoms with Crippen molar-refractivity contribution < 1.29 is 0 Å². The zero-order chi connectivity index (χ0) is 12.7. The second-order valence-corrected chi connectivity index (χ2v) is 4.75. The maximum Gasteiger partial charge on any atom is 0.140 e. The largest absolute Gasteiger partial charge is 0.313 e. The first kappa shape index (κ1) is 14.1. The standard InChI is InChI=1S/C12H25N5/c1-5-7-17-12(14-10-15-17)9-16(4)8-6-13-11(2)3/h10-11,13H,5-9H2,1-4H3. The van der Waals surface area contributed by atoms with Gasteiger partial charge < -0.3 is 5.32 Å². The van der Waals surface area contributed by atoms with Gasteiger partial charge in [-0.1, -0.05) is 20.8 Å². The predicted molar refractivity (Wildman–Crippen MR) is 69.8 cm³/mol. The Morgan fingerprint density at radius 3 is 2.88 bits per heavy atom. The number of hydrogen-bond donors (Lipinski definition) is 1. The smallest absolute Gasteiger partial charge is 0.140 e. The zero-order valence-corrected chi connectivity index (χ0v) is 11.5. The summed E-state index contributed by atoms with van der Waals surface area (Å²) in [5.41, 5.74) is 0. The quantitative estimate of drug-likeness (QED) is 0.738. The van der Waals surface area contributed by atoms with Crippen LogP contribution in [-0.2, 0) is 13.1 Å². The molecule has 0 amide bonds. The molecule has 0 fully saturated rings. The first-order valence-corrected chi connectivity index (χ1v) is 6.42. The fourth-order valence-electron chi connectivity index (χ4n) is 1.67. The highest BCUT2D eigenvalue weighted by molar-refractivity contribution is 4.84. The topological polar surface area (TPSA) is 46.0 Å². The van der Waals surface area contributed by atoms with Crippen LogP contribution in [0.25, 0.3) is 0 Å². The van der Waals surface area contributed by atoms with Crippen molar-refractivity contribution in [3.63, 3.8) is 0 Å². The fourth-order valence-corrected chi connectivity index (χ4v) is 1.67. The maximum atomic E-state index is 4.31. The molecular formula is C12H25N5. The average Bonchev–Trinajstić information content (AvgIpc) is 2.66. The molecule has 1 aromatic heterocycles. The molecular weight excluding hydrogens is 214 g/mol. The molecule has 0 aliphatic rings. The van der Waals surface area contributed by atoms with Gasteiger partial charge in [0.05, 0.1) is 6.54 Å². The van der Waals surface area contributed by atoms with Crippen LogP contribution in [0, 0.1) is 0 Å². The van der Waals surface area contributed by atoms with E-state index in [1.807, 2.05) is 4.68 Å². The molecule has 0 spiro atoms. The molecule has 98 valence electrons. The lowest BCUT2D eigenvalue weighted by Gasteiger charge is -2.17. The minimum Gasteiger partial charge on any atom is -0.313 e. The molecule has 0 aliphatic heterocycles. The van der Waals surface area contributed by atoms with Crippen molar-refractivity contribution in [1.29, 1.82) is 0 Å². The summed E-state index contributed by atoms with van der Waals surface area (Å²) in [6.45, 7) is 10.3. The van der Waals surface area contributed by atoms with Gasteiger partial charge in [-0.3, -0.25) is 4.90 Å². The number of nitrogens with zero attached hydrogens (tertiary/aromatic N) is 4. The average molecular weight is 239 g/mol. The van der Waals surface area contributed by atoms with Crippen molar-refractivity contribution in [2.45, 2.75) is 46.3 Å². The van der Waals surface area contributed by atoms with Crippen LogP contribution >= 0.6 is 0 Å². The van der Waals surface area contributed by atoms with Gasteiger partial charge in [0.1, 0.15) is 12.2 Å². The van der Waals surface area contributed by atoms with Crippen LogP contribution < -0.4 is 5.32 Å². The van der Waals surface area contributed by atoms with E-state index in [1.165, 1.54) is 0 Å². The van der Waals surface area contributed by atoms with E-state index in [0.29, 0.717) is 6.04 Å². The first-order valence-electron chi connectivity index (χ1n) is 6.42. The van der Waals surface area contributed by atoms with Crippen LogP contribution in [0.1, 0.15) is 33.0 Å². The molecule has 1 heterocycles. The van der Waals surface area contributed by atoms with Gasteiger partial charge in [-0.25, -0.2) is 9.67 Å². The van der Waals surface area contributed by atoms with Crippen molar-refractivity contribution in [2.24, 2.45) is 0 Å². The molecule has 0 bridgehead atoms. The first-order chi connectivity index (χ1) is 8.13. The summed E-state index contributed by atoms with van der Waals surface area (Å²) in [6.07, 6.45) is 2.74. The summed E-state index contributed by atoms with van der Waals surface area (Å²) >= 11 is 0. The third kappa shape index (κ3) is 5.28. The molecule has 17 heavy (non-hydrogen) atoms. The minimum atomic E-state index is 0.548. The Bertz CT molecular complexity index is 308. The molecule has 0 aliphatic carbocycles. The van der Waals surface area contributed by atoms with Crippen molar-refractivity contribution >= 4 is 0 Å². The molecule has 0 radical (unpaired) electrons. The van der Waals surface area contributed by atoms with E-state index in [9.17, 15) is 0 Å². The predicted octanol–water partition coefficient (Wildman–Crippen LogP) is 1.12. The van der Waals surface area contributed by atoms with Crippen LogP contribution in [0.4, 0.5) is 0 Å². The molecule has 0 unspecified atom stereocenters. The van der Waals surface area contributed by atoms with Crippen molar-refractivity contribution in [3.8, 4) is 0 Å². The molecule has 0 saturated heterocycles. The Labute approximate surface area is 104 Å². The van der Waals surface area contributed by atoms with E-state index in [0.717, 1.165) is 38.4 Å². The Hall–Kier alpha value is -0.940. The lowest BCUT2D eigenvalue weighted by Crippen LogP contribution is -2.33. The summed E-state index contributed by atoms with van der Waals surface area (Å²) in [5, 5.41) is 7.64. The Kier molecular flexibility index (Phi) is 6.15. The highest BCUT2D eigenvalue weighted by Gasteiger charge is 2.06. The third-order valence-electron chi connectivity index (χ3n) is 2.59. The second kappa shape index (κ2) is 7.40. The lowest BCUT2D eigenvalue weighted by molar-refractivity contribution is 0.304. The van der Waals surface area contributed by atoms with Crippen molar-refractivity contribution in [1.82, 2.24) is 25.0 Å². The van der Waals surface area contributed by atoms with Gasteiger partial charge in [0.25, 0.3) is 0 Å². The molecule has 1 N–H and O–H groups in total. The number of aryl methyl sites for hydroxylation is 1. The van der Waals surface area contributed by atoms with Gasteiger partial charge in [-0.15, -0.1) is 0 Å². The van der Waals surface area contributed by atoms with E-state index in [-0.39, 0.29) is 0 Å². The normalized spacial score (nSPS) is 11.6. The van der Waals surface area contributed by atoms with Crippen LogP contribution in [0.15, 0.2) is 6.33 Å². The van der Waals surface area contributed by atoms with Crippen LogP contribution in [0.5, 0.6) is 0 Å². The number of likely N-dealkylation sites (N-methyl/N-ethyl adjacent to an activating group) is 1. The van der Waals surface area contributed by atoms with Gasteiger partial charge >= 0.3 is 0 Å². The number of rotatable bonds is 8. The van der Waals surface area contributed by atoms with Gasteiger partial charge in [-0.2, -0.15) is 5.10 Å². The molecule has 0 atom stereocenters. The molecule has 5 nitrogen and oxygen atoms in total. The van der Waals surface area contributed by atoms with Gasteiger partial charge in [0, 0.05) is 25.7 Å². The summed E-state index contributed by atoms with van der Waals surface area (Å²) in [5.74, 6) is 1.05. The number of aromatic nitrogens is 3. The molecule has 0 aromatic carbocycles. The Morgan fingerprint density at radius 1 is 1.47 bits per heavy atom. The number of hydrogen-bond acceptors (Lipinski definition) is 4. The van der Waals surface area contributed by atoms with Crippen molar-refractivity contribution in [2.75, 3.05) is 20.1 Å². The monoisotopic (exact) mass is 239 g/mol. The maximum absolute atomic E-state index is 4.31. The Morgan fingerprint density at radius 2 is 2.24 bits per heavy atom. The third-order valence-corrected chi connectivity index (χ3v) is 2.59. The minimum absolute atomic E-state index is 0.548. The van der Waals surface area contributed by atoms with E-state index in [1.54, 1.807) is 6.33 Å². The summed E-state index contributed by atoms with van der Waals surface area (Å²) < 4.78 is 1.99. The highest BCUT2D eigenvalue weighted by atomic mass is 15.3. The SMILES string of the molecule is CCCn1ncnc1CN(C)CCNC(C)C. The molecule has 1 rings (SSSR count). The van der Waals surface area contributed by atoms with E-state index >= 15 is 0 Å². The van der Waals surface area contributed by atoms with E-state index < -0.39 is 0 Å². The zero-order valence-electron chi connectivity index (χ0n) is 11.5. The van der Waals surface area contributed by atoms with Crippen molar-refractivity contribution in [3.05, 3.63) is 12.2 Å². The van der Waals surface area contributed by atoms with Gasteiger partial charge in [0.2, 0.25) is 0 Å². The molecule has 0 saturated carbocycles.